The molecular formula is C12H16N4O4. The summed E-state index contributed by atoms with van der Waals surface area (Å²) in [6.45, 7) is 3.88. The number of nitrogens with zero attached hydrogens (tertiary/aromatic N) is 2. The van der Waals surface area contributed by atoms with E-state index in [1.54, 1.807) is 0 Å². The van der Waals surface area contributed by atoms with Crippen molar-refractivity contribution in [2.45, 2.75) is 18.5 Å². The fraction of sp³-hybridized carbons (Fsp3) is 0.417. The molecule has 2 aliphatic rings. The van der Waals surface area contributed by atoms with Crippen LogP contribution in [-0.2, 0) is 14.4 Å². The zero-order chi connectivity index (χ0) is 14.9. The smallest absolute Gasteiger partial charge is 0.345 e. The summed E-state index contributed by atoms with van der Waals surface area (Å²) in [7, 11) is 0. The minimum atomic E-state index is -0.884. The van der Waals surface area contributed by atoms with E-state index in [4.69, 9.17) is 16.3 Å². The van der Waals surface area contributed by atoms with Crippen LogP contribution in [0.2, 0.25) is 0 Å². The van der Waals surface area contributed by atoms with Crippen LogP contribution in [-0.4, -0.2) is 53.0 Å². The Morgan fingerprint density at radius 1 is 1.50 bits per heavy atom. The van der Waals surface area contributed by atoms with Gasteiger partial charge in [-0.3, -0.25) is 14.4 Å². The van der Waals surface area contributed by atoms with Crippen LogP contribution >= 0.6 is 0 Å². The van der Waals surface area contributed by atoms with Gasteiger partial charge >= 0.3 is 6.03 Å². The Balaban J connectivity index is 2.30. The number of fused-ring (bicyclic) bond motifs is 2. The van der Waals surface area contributed by atoms with Crippen molar-refractivity contribution in [3.63, 3.8) is 0 Å². The van der Waals surface area contributed by atoms with E-state index in [9.17, 15) is 14.4 Å². The molecule has 8 heteroatoms. The van der Waals surface area contributed by atoms with Crippen LogP contribution in [0.5, 0.6) is 0 Å². The van der Waals surface area contributed by atoms with Gasteiger partial charge in [0.25, 0.3) is 0 Å². The van der Waals surface area contributed by atoms with E-state index in [1.807, 2.05) is 0 Å². The molecule has 0 saturated carbocycles. The highest BCUT2D eigenvalue weighted by Gasteiger charge is 2.48. The summed E-state index contributed by atoms with van der Waals surface area (Å²) in [5, 5.41) is 1.14. The van der Waals surface area contributed by atoms with Crippen LogP contribution < -0.4 is 11.5 Å². The van der Waals surface area contributed by atoms with Crippen molar-refractivity contribution in [1.29, 1.82) is 0 Å². The molecular weight excluding hydrogens is 264 g/mol. The molecule has 2 heterocycles. The summed E-state index contributed by atoms with van der Waals surface area (Å²) in [6.07, 6.45) is 2.95. The second kappa shape index (κ2) is 5.33. The Morgan fingerprint density at radius 2 is 2.20 bits per heavy atom. The molecule has 2 rings (SSSR count). The minimum Gasteiger partial charge on any atom is -0.369 e. The molecule has 8 nitrogen and oxygen atoms in total. The molecule has 1 saturated heterocycles. The lowest BCUT2D eigenvalue weighted by Crippen LogP contribution is -2.47. The van der Waals surface area contributed by atoms with E-state index >= 15 is 0 Å². The maximum Gasteiger partial charge on any atom is 0.345 e. The summed E-state index contributed by atoms with van der Waals surface area (Å²) in [4.78, 5) is 41.3. The first-order chi connectivity index (χ1) is 9.45. The summed E-state index contributed by atoms with van der Waals surface area (Å²) < 4.78 is 0. The fourth-order valence-corrected chi connectivity index (χ4v) is 2.39. The van der Waals surface area contributed by atoms with Gasteiger partial charge < -0.3 is 16.4 Å². The van der Waals surface area contributed by atoms with Crippen molar-refractivity contribution < 1.29 is 19.2 Å². The number of amides is 4. The monoisotopic (exact) mass is 280 g/mol. The van der Waals surface area contributed by atoms with Crippen LogP contribution in [0.1, 0.15) is 6.42 Å². The van der Waals surface area contributed by atoms with Gasteiger partial charge in [0.15, 0.2) is 0 Å². The summed E-state index contributed by atoms with van der Waals surface area (Å²) >= 11 is 0. The number of carbonyl (C=O) groups excluding carboxylic acids is 3. The molecule has 2 bridgehead atoms. The predicted molar refractivity (Wildman–Crippen MR) is 68.8 cm³/mol. The second-order valence-electron chi connectivity index (χ2n) is 4.59. The number of primary amides is 2. The van der Waals surface area contributed by atoms with Crippen LogP contribution in [0, 0.1) is 0 Å². The Hall–Kier alpha value is -2.35. The number of hydroxylamine groups is 2. The van der Waals surface area contributed by atoms with E-state index in [0.29, 0.717) is 5.57 Å². The average molecular weight is 280 g/mol. The van der Waals surface area contributed by atoms with Gasteiger partial charge in [-0.25, -0.2) is 4.79 Å². The van der Waals surface area contributed by atoms with Gasteiger partial charge in [0, 0.05) is 6.42 Å². The predicted octanol–water partition coefficient (Wildman–Crippen LogP) is -1.12. The Kier molecular flexibility index (Phi) is 3.75. The molecule has 4 amide bonds. The van der Waals surface area contributed by atoms with Crippen LogP contribution in [0.25, 0.3) is 0 Å². The highest BCUT2D eigenvalue weighted by Crippen LogP contribution is 2.31. The summed E-state index contributed by atoms with van der Waals surface area (Å²) in [5.74, 6) is -1.21. The molecule has 0 aromatic rings. The maximum atomic E-state index is 12.2. The molecule has 0 aliphatic carbocycles. The molecule has 20 heavy (non-hydrogen) atoms. The molecule has 1 fully saturated rings. The number of hydrogen-bond acceptors (Lipinski definition) is 4. The first kappa shape index (κ1) is 14.1. The molecule has 2 atom stereocenters. The third-order valence-electron chi connectivity index (χ3n) is 3.22. The topological polar surface area (TPSA) is 119 Å². The molecule has 0 radical (unpaired) electrons. The second-order valence-corrected chi connectivity index (χ2v) is 4.59. The summed E-state index contributed by atoms with van der Waals surface area (Å²) in [6, 6.07) is -1.78. The van der Waals surface area contributed by atoms with Crippen molar-refractivity contribution in [2.24, 2.45) is 11.5 Å². The van der Waals surface area contributed by atoms with E-state index in [1.165, 1.54) is 17.1 Å². The van der Waals surface area contributed by atoms with E-state index in [2.05, 4.69) is 6.58 Å². The number of urea groups is 1. The van der Waals surface area contributed by atoms with Crippen molar-refractivity contribution in [3.05, 3.63) is 24.3 Å². The third-order valence-corrected chi connectivity index (χ3v) is 3.22. The third kappa shape index (κ3) is 2.37. The molecule has 108 valence electrons. The van der Waals surface area contributed by atoms with Crippen molar-refractivity contribution in [3.8, 4) is 0 Å². The van der Waals surface area contributed by atoms with Gasteiger partial charge in [0.1, 0.15) is 12.1 Å². The molecule has 2 unspecified atom stereocenters. The normalized spacial score (nSPS) is 24.6. The molecule has 0 aromatic carbocycles. The quantitative estimate of drug-likeness (QED) is 0.599. The van der Waals surface area contributed by atoms with E-state index in [0.717, 1.165) is 5.06 Å². The maximum absolute atomic E-state index is 12.2. The largest absolute Gasteiger partial charge is 0.369 e. The van der Waals surface area contributed by atoms with Gasteiger partial charge in [-0.1, -0.05) is 12.2 Å². The number of hydrogen-bond donors (Lipinski definition) is 2. The van der Waals surface area contributed by atoms with Crippen molar-refractivity contribution >= 4 is 17.8 Å². The molecule has 0 spiro atoms. The van der Waals surface area contributed by atoms with Gasteiger partial charge in [-0.15, -0.1) is 6.58 Å². The van der Waals surface area contributed by atoms with Crippen molar-refractivity contribution in [1.82, 2.24) is 9.96 Å². The minimum absolute atomic E-state index is 0.0521. The van der Waals surface area contributed by atoms with Gasteiger partial charge in [-0.05, 0) is 5.57 Å². The van der Waals surface area contributed by atoms with Crippen LogP contribution in [0.4, 0.5) is 4.79 Å². The SMILES string of the molecule is C=CCON1C(=O)N2CC1C(CC(N)=O)=CC2C(N)=O. The Labute approximate surface area is 115 Å². The van der Waals surface area contributed by atoms with Gasteiger partial charge in [-0.2, -0.15) is 5.06 Å². The Morgan fingerprint density at radius 3 is 2.75 bits per heavy atom. The van der Waals surface area contributed by atoms with Gasteiger partial charge in [0.05, 0.1) is 13.2 Å². The van der Waals surface area contributed by atoms with E-state index in [-0.39, 0.29) is 19.6 Å². The molecule has 0 aromatic heterocycles. The lowest BCUT2D eigenvalue weighted by molar-refractivity contribution is -0.121. The fourth-order valence-electron chi connectivity index (χ4n) is 2.39. The first-order valence-electron chi connectivity index (χ1n) is 6.07. The van der Waals surface area contributed by atoms with Crippen molar-refractivity contribution in [2.75, 3.05) is 13.2 Å². The Bertz CT molecular complexity index is 502. The summed E-state index contributed by atoms with van der Waals surface area (Å²) in [5.41, 5.74) is 11.0. The zero-order valence-electron chi connectivity index (χ0n) is 10.8. The number of nitrogens with two attached hydrogens (primary N) is 2. The van der Waals surface area contributed by atoms with E-state index < -0.39 is 29.9 Å². The van der Waals surface area contributed by atoms with Crippen LogP contribution in [0.15, 0.2) is 24.3 Å². The number of carbonyl (C=O) groups is 3. The highest BCUT2D eigenvalue weighted by atomic mass is 16.7. The standard InChI is InChI=1S/C12H16N4O4/c1-2-3-20-16-9-6-15(12(16)19)8(11(14)18)4-7(9)5-10(13)17/h2,4,8-9H,1,3,5-6H2,(H2,13,17)(H2,14,18). The van der Waals surface area contributed by atoms with Gasteiger partial charge in [0.2, 0.25) is 11.8 Å². The van der Waals surface area contributed by atoms with Crippen LogP contribution in [0.3, 0.4) is 0 Å². The first-order valence-corrected chi connectivity index (χ1v) is 6.07. The highest BCUT2D eigenvalue weighted by molar-refractivity contribution is 5.90. The zero-order valence-corrected chi connectivity index (χ0v) is 10.8. The number of rotatable bonds is 6. The molecule has 4 N–H and O–H groups in total. The molecule has 2 aliphatic heterocycles. The lowest BCUT2D eigenvalue weighted by atomic mass is 9.96. The average Bonchev–Trinajstić information content (AvgIpc) is 2.64. The lowest BCUT2D eigenvalue weighted by Gasteiger charge is -2.27.